The minimum absolute atomic E-state index is 0.0362. The standard InChI is InChI=1S/C22H18O3/c1-25-21-12-6-14(13-20(21)24)5-11-19(23)17-10-9-16-8-7-15-3-2-4-18(17)22(15)16/h2-6,9-13,24H,7-8H2,1H3/b11-5+. The number of ketones is 1. The van der Waals surface area contributed by atoms with Crippen LogP contribution >= 0.6 is 0 Å². The zero-order chi connectivity index (χ0) is 17.4. The van der Waals surface area contributed by atoms with E-state index in [2.05, 4.69) is 12.1 Å². The van der Waals surface area contributed by atoms with Gasteiger partial charge in [0.25, 0.3) is 0 Å². The quantitative estimate of drug-likeness (QED) is 0.564. The van der Waals surface area contributed by atoms with Crippen molar-refractivity contribution < 1.29 is 14.6 Å². The molecular formula is C22H18O3. The molecule has 0 unspecified atom stereocenters. The number of hydrogen-bond donors (Lipinski definition) is 1. The molecule has 0 fully saturated rings. The summed E-state index contributed by atoms with van der Waals surface area (Å²) in [5.74, 6) is 0.435. The second-order valence-electron chi connectivity index (χ2n) is 6.24. The fraction of sp³-hybridized carbons (Fsp3) is 0.136. The molecule has 0 bridgehead atoms. The number of rotatable bonds is 4. The van der Waals surface area contributed by atoms with Crippen LogP contribution in [0.15, 0.2) is 54.6 Å². The predicted octanol–water partition coefficient (Wildman–Crippen LogP) is 4.55. The van der Waals surface area contributed by atoms with Gasteiger partial charge in [-0.1, -0.05) is 42.5 Å². The van der Waals surface area contributed by atoms with Crippen LogP contribution in [0.4, 0.5) is 0 Å². The number of ether oxygens (including phenoxy) is 1. The molecule has 124 valence electrons. The maximum absolute atomic E-state index is 12.7. The molecule has 0 saturated carbocycles. The zero-order valence-electron chi connectivity index (χ0n) is 14.0. The fourth-order valence-corrected chi connectivity index (χ4v) is 3.53. The van der Waals surface area contributed by atoms with E-state index in [4.69, 9.17) is 4.74 Å². The van der Waals surface area contributed by atoms with E-state index in [1.165, 1.54) is 23.6 Å². The van der Waals surface area contributed by atoms with Crippen LogP contribution in [-0.2, 0) is 12.8 Å². The Kier molecular flexibility index (Phi) is 3.77. The summed E-state index contributed by atoms with van der Waals surface area (Å²) < 4.78 is 5.03. The van der Waals surface area contributed by atoms with E-state index in [9.17, 15) is 9.90 Å². The minimum atomic E-state index is -0.0362. The van der Waals surface area contributed by atoms with Gasteiger partial charge in [-0.25, -0.2) is 0 Å². The predicted molar refractivity (Wildman–Crippen MR) is 99.4 cm³/mol. The smallest absolute Gasteiger partial charge is 0.186 e. The Bertz CT molecular complexity index is 1000. The molecule has 0 spiro atoms. The lowest BCUT2D eigenvalue weighted by Gasteiger charge is -2.06. The Hall–Kier alpha value is -3.07. The van der Waals surface area contributed by atoms with E-state index in [-0.39, 0.29) is 11.5 Å². The number of benzene rings is 3. The normalized spacial score (nSPS) is 12.8. The molecule has 1 aliphatic rings. The third-order valence-electron chi connectivity index (χ3n) is 4.77. The molecule has 0 atom stereocenters. The highest BCUT2D eigenvalue weighted by atomic mass is 16.5. The van der Waals surface area contributed by atoms with E-state index < -0.39 is 0 Å². The minimum Gasteiger partial charge on any atom is -0.504 e. The van der Waals surface area contributed by atoms with Crippen molar-refractivity contribution in [3.05, 3.63) is 76.9 Å². The van der Waals surface area contributed by atoms with Crippen LogP contribution in [0.3, 0.4) is 0 Å². The molecule has 0 amide bonds. The Labute approximate surface area is 146 Å². The molecule has 1 N–H and O–H groups in total. The highest BCUT2D eigenvalue weighted by Crippen LogP contribution is 2.33. The molecule has 0 heterocycles. The average Bonchev–Trinajstić information content (AvgIpc) is 3.05. The molecule has 3 aromatic carbocycles. The Morgan fingerprint density at radius 2 is 1.88 bits per heavy atom. The number of aryl methyl sites for hydroxylation is 2. The maximum atomic E-state index is 12.7. The van der Waals surface area contributed by atoms with Crippen LogP contribution in [0, 0.1) is 0 Å². The lowest BCUT2D eigenvalue weighted by molar-refractivity contribution is 0.104. The van der Waals surface area contributed by atoms with Gasteiger partial charge in [-0.05, 0) is 58.5 Å². The third-order valence-corrected chi connectivity index (χ3v) is 4.77. The molecule has 3 aromatic rings. The Balaban J connectivity index is 1.68. The van der Waals surface area contributed by atoms with E-state index in [0.29, 0.717) is 5.75 Å². The first-order valence-electron chi connectivity index (χ1n) is 8.30. The average molecular weight is 330 g/mol. The van der Waals surface area contributed by atoms with Gasteiger partial charge in [0.1, 0.15) is 0 Å². The van der Waals surface area contributed by atoms with Gasteiger partial charge >= 0.3 is 0 Å². The summed E-state index contributed by atoms with van der Waals surface area (Å²) in [6, 6.07) is 15.2. The number of methoxy groups -OCH3 is 1. The highest BCUT2D eigenvalue weighted by Gasteiger charge is 2.17. The Morgan fingerprint density at radius 3 is 2.64 bits per heavy atom. The van der Waals surface area contributed by atoms with Crippen LogP contribution in [-0.4, -0.2) is 18.0 Å². The van der Waals surface area contributed by atoms with Crippen LogP contribution in [0.2, 0.25) is 0 Å². The second-order valence-corrected chi connectivity index (χ2v) is 6.24. The number of hydrogen-bond acceptors (Lipinski definition) is 3. The molecular weight excluding hydrogens is 312 g/mol. The van der Waals surface area contributed by atoms with E-state index in [1.54, 1.807) is 30.4 Å². The van der Waals surface area contributed by atoms with E-state index in [1.807, 2.05) is 18.2 Å². The van der Waals surface area contributed by atoms with Crippen LogP contribution < -0.4 is 4.74 Å². The third kappa shape index (κ3) is 2.68. The number of phenols is 1. The first kappa shape index (κ1) is 15.5. The van der Waals surface area contributed by atoms with Gasteiger partial charge in [0.15, 0.2) is 17.3 Å². The molecule has 3 nitrogen and oxygen atoms in total. The van der Waals surface area contributed by atoms with Gasteiger partial charge in [0.2, 0.25) is 0 Å². The van der Waals surface area contributed by atoms with Crippen molar-refractivity contribution in [2.45, 2.75) is 12.8 Å². The lowest BCUT2D eigenvalue weighted by Crippen LogP contribution is -1.96. The molecule has 4 rings (SSSR count). The van der Waals surface area contributed by atoms with E-state index >= 15 is 0 Å². The van der Waals surface area contributed by atoms with Crippen molar-refractivity contribution in [2.24, 2.45) is 0 Å². The molecule has 3 heteroatoms. The number of allylic oxidation sites excluding steroid dienone is 1. The van der Waals surface area contributed by atoms with Crippen LogP contribution in [0.25, 0.3) is 16.8 Å². The van der Waals surface area contributed by atoms with Crippen LogP contribution in [0.1, 0.15) is 27.0 Å². The van der Waals surface area contributed by atoms with Crippen molar-refractivity contribution in [1.29, 1.82) is 0 Å². The molecule has 0 radical (unpaired) electrons. The largest absolute Gasteiger partial charge is 0.504 e. The Morgan fingerprint density at radius 1 is 1.08 bits per heavy atom. The van der Waals surface area contributed by atoms with Gasteiger partial charge in [0.05, 0.1) is 7.11 Å². The lowest BCUT2D eigenvalue weighted by atomic mass is 9.97. The van der Waals surface area contributed by atoms with Gasteiger partial charge in [-0.15, -0.1) is 0 Å². The van der Waals surface area contributed by atoms with E-state index in [0.717, 1.165) is 29.4 Å². The van der Waals surface area contributed by atoms with Crippen molar-refractivity contribution >= 4 is 22.6 Å². The van der Waals surface area contributed by atoms with Crippen molar-refractivity contribution in [3.8, 4) is 11.5 Å². The van der Waals surface area contributed by atoms with Gasteiger partial charge in [-0.2, -0.15) is 0 Å². The number of aromatic hydroxyl groups is 1. The fourth-order valence-electron chi connectivity index (χ4n) is 3.53. The van der Waals surface area contributed by atoms with Crippen molar-refractivity contribution in [1.82, 2.24) is 0 Å². The zero-order valence-corrected chi connectivity index (χ0v) is 14.0. The molecule has 1 aliphatic carbocycles. The summed E-state index contributed by atoms with van der Waals surface area (Å²) in [6.07, 6.45) is 5.36. The highest BCUT2D eigenvalue weighted by molar-refractivity contribution is 6.15. The van der Waals surface area contributed by atoms with Crippen molar-refractivity contribution in [2.75, 3.05) is 7.11 Å². The number of carbonyl (C=O) groups is 1. The summed E-state index contributed by atoms with van der Waals surface area (Å²) in [7, 11) is 1.50. The summed E-state index contributed by atoms with van der Waals surface area (Å²) >= 11 is 0. The van der Waals surface area contributed by atoms with Gasteiger partial charge < -0.3 is 9.84 Å². The summed E-state index contributed by atoms with van der Waals surface area (Å²) in [4.78, 5) is 12.7. The number of phenolic OH excluding ortho intramolecular Hbond substituents is 1. The molecule has 0 aliphatic heterocycles. The summed E-state index contributed by atoms with van der Waals surface area (Å²) in [6.45, 7) is 0. The SMILES string of the molecule is COc1ccc(/C=C/C(=O)c2ccc3c4c(cccc24)CC3)cc1O. The second kappa shape index (κ2) is 6.10. The first-order chi connectivity index (χ1) is 12.2. The maximum Gasteiger partial charge on any atom is 0.186 e. The summed E-state index contributed by atoms with van der Waals surface area (Å²) in [5.41, 5.74) is 4.12. The molecule has 25 heavy (non-hydrogen) atoms. The first-order valence-corrected chi connectivity index (χ1v) is 8.30. The monoisotopic (exact) mass is 330 g/mol. The summed E-state index contributed by atoms with van der Waals surface area (Å²) in [5, 5.41) is 12.1. The molecule has 0 saturated heterocycles. The molecule has 0 aromatic heterocycles. The van der Waals surface area contributed by atoms with Gasteiger partial charge in [0, 0.05) is 5.56 Å². The topological polar surface area (TPSA) is 46.5 Å². The van der Waals surface area contributed by atoms with Crippen LogP contribution in [0.5, 0.6) is 11.5 Å². The van der Waals surface area contributed by atoms with Gasteiger partial charge in [-0.3, -0.25) is 4.79 Å². The number of carbonyl (C=O) groups excluding carboxylic acids is 1. The van der Waals surface area contributed by atoms with Crippen molar-refractivity contribution in [3.63, 3.8) is 0 Å².